The SMILES string of the molecule is CC(C)C(NC(=O)C(Cc1ccccc1)NC(=O)C(Cc1ccc(O)cc1)NC(=O)C(N)CCCN=C(N)N)C(=O)O. The largest absolute Gasteiger partial charge is 0.508 e. The summed E-state index contributed by atoms with van der Waals surface area (Å²) in [5.41, 5.74) is 18.0. The van der Waals surface area contributed by atoms with Crippen molar-refractivity contribution in [3.8, 4) is 5.75 Å². The van der Waals surface area contributed by atoms with Crippen LogP contribution in [-0.4, -0.2) is 70.6 Å². The highest BCUT2D eigenvalue weighted by Crippen LogP contribution is 2.13. The van der Waals surface area contributed by atoms with E-state index in [9.17, 15) is 29.4 Å². The molecule has 0 bridgehead atoms. The molecule has 4 atom stereocenters. The van der Waals surface area contributed by atoms with Gasteiger partial charge in [-0.25, -0.2) is 4.79 Å². The second-order valence-electron chi connectivity index (χ2n) is 10.3. The summed E-state index contributed by atoms with van der Waals surface area (Å²) < 4.78 is 0. The van der Waals surface area contributed by atoms with Gasteiger partial charge in [-0.3, -0.25) is 19.4 Å². The predicted molar refractivity (Wildman–Crippen MR) is 158 cm³/mol. The minimum Gasteiger partial charge on any atom is -0.508 e. The number of guanidine groups is 1. The Balaban J connectivity index is 2.27. The fourth-order valence-electron chi connectivity index (χ4n) is 4.11. The van der Waals surface area contributed by atoms with Crippen LogP contribution in [0.2, 0.25) is 0 Å². The number of nitrogens with two attached hydrogens (primary N) is 3. The van der Waals surface area contributed by atoms with E-state index in [2.05, 4.69) is 20.9 Å². The molecule has 0 aliphatic carbocycles. The molecule has 228 valence electrons. The molecule has 0 aliphatic rings. The quantitative estimate of drug-likeness (QED) is 0.0738. The van der Waals surface area contributed by atoms with Gasteiger partial charge in [0.2, 0.25) is 17.7 Å². The smallest absolute Gasteiger partial charge is 0.326 e. The number of carboxylic acids is 1. The number of amides is 3. The van der Waals surface area contributed by atoms with E-state index in [4.69, 9.17) is 17.2 Å². The second kappa shape index (κ2) is 16.6. The minimum atomic E-state index is -1.20. The van der Waals surface area contributed by atoms with Gasteiger partial charge in [0.15, 0.2) is 5.96 Å². The lowest BCUT2D eigenvalue weighted by molar-refractivity contribution is -0.143. The summed E-state index contributed by atoms with van der Waals surface area (Å²) >= 11 is 0. The highest BCUT2D eigenvalue weighted by Gasteiger charge is 2.31. The van der Waals surface area contributed by atoms with Crippen LogP contribution in [0.4, 0.5) is 0 Å². The van der Waals surface area contributed by atoms with E-state index in [-0.39, 0.29) is 37.5 Å². The monoisotopic (exact) mass is 583 g/mol. The van der Waals surface area contributed by atoms with E-state index in [0.29, 0.717) is 12.0 Å². The summed E-state index contributed by atoms with van der Waals surface area (Å²) in [5.74, 6) is -3.59. The van der Waals surface area contributed by atoms with Crippen LogP contribution in [0, 0.1) is 5.92 Å². The molecule has 3 amide bonds. The van der Waals surface area contributed by atoms with Gasteiger partial charge in [0, 0.05) is 19.4 Å². The van der Waals surface area contributed by atoms with Crippen LogP contribution < -0.4 is 33.2 Å². The Morgan fingerprint density at radius 2 is 1.33 bits per heavy atom. The van der Waals surface area contributed by atoms with Crippen LogP contribution in [0.25, 0.3) is 0 Å². The zero-order valence-corrected chi connectivity index (χ0v) is 23.8. The summed E-state index contributed by atoms with van der Waals surface area (Å²) in [6, 6.07) is 10.6. The molecule has 0 aromatic heterocycles. The zero-order valence-electron chi connectivity index (χ0n) is 23.8. The Kier molecular flexibility index (Phi) is 13.2. The number of phenols is 1. The van der Waals surface area contributed by atoms with E-state index >= 15 is 0 Å². The molecule has 0 heterocycles. The van der Waals surface area contributed by atoms with Crippen LogP contribution >= 0.6 is 0 Å². The van der Waals surface area contributed by atoms with Crippen LogP contribution in [-0.2, 0) is 32.0 Å². The fraction of sp³-hybridized carbons (Fsp3) is 0.414. The second-order valence-corrected chi connectivity index (χ2v) is 10.3. The molecule has 0 aliphatic heterocycles. The van der Waals surface area contributed by atoms with Gasteiger partial charge in [-0.05, 0) is 42.0 Å². The lowest BCUT2D eigenvalue weighted by Crippen LogP contribution is -2.58. The van der Waals surface area contributed by atoms with E-state index in [1.165, 1.54) is 12.1 Å². The number of hydrogen-bond donors (Lipinski definition) is 8. The van der Waals surface area contributed by atoms with Crippen molar-refractivity contribution in [1.29, 1.82) is 0 Å². The summed E-state index contributed by atoms with van der Waals surface area (Å²) in [7, 11) is 0. The normalized spacial score (nSPS) is 13.7. The zero-order chi connectivity index (χ0) is 31.2. The third-order valence-electron chi connectivity index (χ3n) is 6.46. The first kappa shape index (κ1) is 33.6. The molecule has 0 saturated heterocycles. The fourth-order valence-corrected chi connectivity index (χ4v) is 4.11. The van der Waals surface area contributed by atoms with Gasteiger partial charge < -0.3 is 43.4 Å². The number of aliphatic carboxylic acids is 1. The van der Waals surface area contributed by atoms with Crippen LogP contribution in [0.1, 0.15) is 37.8 Å². The maximum Gasteiger partial charge on any atom is 0.326 e. The number of benzene rings is 2. The van der Waals surface area contributed by atoms with E-state index in [0.717, 1.165) is 5.56 Å². The first-order valence-corrected chi connectivity index (χ1v) is 13.6. The highest BCUT2D eigenvalue weighted by atomic mass is 16.4. The lowest BCUT2D eigenvalue weighted by atomic mass is 10.00. The Morgan fingerprint density at radius 3 is 1.86 bits per heavy atom. The van der Waals surface area contributed by atoms with Crippen molar-refractivity contribution < 1.29 is 29.4 Å². The highest BCUT2D eigenvalue weighted by molar-refractivity contribution is 5.94. The Morgan fingerprint density at radius 1 is 0.810 bits per heavy atom. The molecule has 2 aromatic carbocycles. The molecule has 13 nitrogen and oxygen atoms in total. The topological polar surface area (TPSA) is 235 Å². The van der Waals surface area contributed by atoms with Gasteiger partial charge in [0.05, 0.1) is 6.04 Å². The van der Waals surface area contributed by atoms with Crippen molar-refractivity contribution in [3.05, 3.63) is 65.7 Å². The standard InChI is InChI=1S/C29H41N7O6/c1-17(2)24(28(41)42)36-27(40)23(15-18-7-4-3-5-8-18)35-26(39)22(16-19-10-12-20(37)13-11-19)34-25(38)21(30)9-6-14-33-29(31)32/h3-5,7-8,10-13,17,21-24,37H,6,9,14-16,30H2,1-2H3,(H,34,38)(H,35,39)(H,36,40)(H,41,42)(H4,31,32,33). The van der Waals surface area contributed by atoms with Crippen molar-refractivity contribution in [3.63, 3.8) is 0 Å². The molecule has 4 unspecified atom stereocenters. The minimum absolute atomic E-state index is 0.0298. The van der Waals surface area contributed by atoms with Crippen molar-refractivity contribution >= 4 is 29.7 Å². The third kappa shape index (κ3) is 11.5. The molecule has 0 fully saturated rings. The summed E-state index contributed by atoms with van der Waals surface area (Å²) in [5, 5.41) is 27.1. The summed E-state index contributed by atoms with van der Waals surface area (Å²) in [4.78, 5) is 55.4. The molecule has 11 N–H and O–H groups in total. The number of nitrogens with zero attached hydrogens (tertiary/aromatic N) is 1. The van der Waals surface area contributed by atoms with Crippen LogP contribution in [0.3, 0.4) is 0 Å². The average Bonchev–Trinajstić information content (AvgIpc) is 2.94. The Labute approximate surface area is 244 Å². The first-order chi connectivity index (χ1) is 19.9. The summed E-state index contributed by atoms with van der Waals surface area (Å²) in [6.45, 7) is 3.60. The molecule has 2 aromatic rings. The van der Waals surface area contributed by atoms with E-state index in [1.54, 1.807) is 56.3 Å². The van der Waals surface area contributed by atoms with Crippen molar-refractivity contribution in [1.82, 2.24) is 16.0 Å². The number of aliphatic imine (C=N–C) groups is 1. The molecule has 13 heteroatoms. The Hall–Kier alpha value is -4.65. The first-order valence-electron chi connectivity index (χ1n) is 13.6. The number of aromatic hydroxyl groups is 1. The molecule has 2 rings (SSSR count). The predicted octanol–water partition coefficient (Wildman–Crippen LogP) is -0.247. The molecular formula is C29H41N7O6. The number of rotatable bonds is 16. The number of carbonyl (C=O) groups excluding carboxylic acids is 3. The van der Waals surface area contributed by atoms with Crippen molar-refractivity contribution in [2.75, 3.05) is 6.54 Å². The van der Waals surface area contributed by atoms with Gasteiger partial charge >= 0.3 is 5.97 Å². The van der Waals surface area contributed by atoms with Crippen LogP contribution in [0.5, 0.6) is 5.75 Å². The van der Waals surface area contributed by atoms with E-state index in [1.807, 2.05) is 0 Å². The maximum atomic E-state index is 13.6. The molecular weight excluding hydrogens is 542 g/mol. The van der Waals surface area contributed by atoms with Crippen LogP contribution in [0.15, 0.2) is 59.6 Å². The van der Waals surface area contributed by atoms with Crippen molar-refractivity contribution in [2.45, 2.75) is 63.7 Å². The molecule has 42 heavy (non-hydrogen) atoms. The van der Waals surface area contributed by atoms with Gasteiger partial charge in [-0.15, -0.1) is 0 Å². The van der Waals surface area contributed by atoms with Crippen molar-refractivity contribution in [2.24, 2.45) is 28.1 Å². The molecule has 0 saturated carbocycles. The number of phenolic OH excluding ortho intramolecular Hbond substituents is 1. The number of carbonyl (C=O) groups is 4. The Bertz CT molecular complexity index is 1220. The van der Waals surface area contributed by atoms with Gasteiger partial charge in [0.25, 0.3) is 0 Å². The van der Waals surface area contributed by atoms with E-state index < -0.39 is 53.8 Å². The summed E-state index contributed by atoms with van der Waals surface area (Å²) in [6.07, 6.45) is 0.789. The van der Waals surface area contributed by atoms with Gasteiger partial charge in [-0.1, -0.05) is 56.3 Å². The average molecular weight is 584 g/mol. The number of carboxylic acid groups (broad SMARTS) is 1. The molecule has 0 spiro atoms. The molecule has 0 radical (unpaired) electrons. The van der Waals surface area contributed by atoms with Gasteiger partial charge in [-0.2, -0.15) is 0 Å². The number of nitrogens with one attached hydrogen (secondary N) is 3. The lowest BCUT2D eigenvalue weighted by Gasteiger charge is -2.26. The maximum absolute atomic E-state index is 13.6. The van der Waals surface area contributed by atoms with Gasteiger partial charge in [0.1, 0.15) is 23.9 Å². The third-order valence-corrected chi connectivity index (χ3v) is 6.46. The number of hydrogen-bond acceptors (Lipinski definition) is 7.